The summed E-state index contributed by atoms with van der Waals surface area (Å²) in [5, 5.41) is 2.82. The van der Waals surface area contributed by atoms with Crippen LogP contribution in [0.2, 0.25) is 0 Å². The average Bonchev–Trinajstić information content (AvgIpc) is 2.69. The van der Waals surface area contributed by atoms with Gasteiger partial charge in [0, 0.05) is 0 Å². The third-order valence-electron chi connectivity index (χ3n) is 2.57. The molecule has 0 aliphatic rings. The molecule has 0 saturated carbocycles. The first-order valence-corrected chi connectivity index (χ1v) is 8.40. The van der Waals surface area contributed by atoms with Gasteiger partial charge in [0.25, 0.3) is 0 Å². The Morgan fingerprint density at radius 3 is 2.41 bits per heavy atom. The van der Waals surface area contributed by atoms with Gasteiger partial charge in [-0.05, 0) is 0 Å². The van der Waals surface area contributed by atoms with Crippen molar-refractivity contribution in [1.29, 1.82) is 0 Å². The van der Waals surface area contributed by atoms with Crippen LogP contribution in [-0.2, 0) is 30.0 Å². The molecule has 0 aliphatic heterocycles. The molecule has 2 rings (SSSR count). The van der Waals surface area contributed by atoms with Gasteiger partial charge < -0.3 is 0 Å². The van der Waals surface area contributed by atoms with Crippen molar-refractivity contribution in [1.82, 2.24) is 0 Å². The molecule has 0 fully saturated rings. The molecule has 0 aromatic heterocycles. The molecule has 0 atom stereocenters. The third kappa shape index (κ3) is 5.12. The standard InChI is InChI=1S/C13H15.3FH.Zr/c1-2-3-6-11-9-10-12-7-4-5-8-13(11)12;;;;/h4-5,7-10H,2-3,6H2,1H3;3*1H;/q-1;;;;+3/p-3. The summed E-state index contributed by atoms with van der Waals surface area (Å²) in [6.07, 6.45) is 3.80. The predicted molar refractivity (Wildman–Crippen MR) is 61.5 cm³/mol. The van der Waals surface area contributed by atoms with Gasteiger partial charge in [-0.15, -0.1) is 40.6 Å². The number of hydrogen-bond donors (Lipinski definition) is 0. The molecule has 0 radical (unpaired) electrons. The Balaban J connectivity index is 0.000000317. The fraction of sp³-hybridized carbons (Fsp3) is 0.308. The van der Waals surface area contributed by atoms with Gasteiger partial charge >= 0.3 is 31.5 Å². The van der Waals surface area contributed by atoms with Crippen molar-refractivity contribution in [2.24, 2.45) is 0 Å². The molecule has 0 heterocycles. The van der Waals surface area contributed by atoms with Crippen molar-refractivity contribution >= 4 is 10.8 Å². The van der Waals surface area contributed by atoms with Crippen LogP contribution in [0.1, 0.15) is 25.3 Å². The Labute approximate surface area is 110 Å². The van der Waals surface area contributed by atoms with E-state index in [4.69, 9.17) is 0 Å². The van der Waals surface area contributed by atoms with Crippen LogP contribution in [0.15, 0.2) is 36.4 Å². The van der Waals surface area contributed by atoms with Gasteiger partial charge in [0.1, 0.15) is 0 Å². The van der Waals surface area contributed by atoms with E-state index in [0.717, 1.165) is 0 Å². The third-order valence-corrected chi connectivity index (χ3v) is 2.57. The Morgan fingerprint density at radius 1 is 1.12 bits per heavy atom. The Kier molecular flexibility index (Phi) is 6.65. The first-order valence-electron chi connectivity index (χ1n) is 5.62. The molecule has 0 aliphatic carbocycles. The van der Waals surface area contributed by atoms with E-state index in [1.165, 1.54) is 35.6 Å². The molecule has 0 nitrogen and oxygen atoms in total. The van der Waals surface area contributed by atoms with E-state index in [2.05, 4.69) is 43.3 Å². The molecule has 2 aromatic rings. The number of hydrogen-bond acceptors (Lipinski definition) is 0. The fourth-order valence-electron chi connectivity index (χ4n) is 1.80. The number of unbranched alkanes of at least 4 members (excludes halogenated alkanes) is 1. The molecule has 17 heavy (non-hydrogen) atoms. The molecule has 0 saturated heterocycles. The van der Waals surface area contributed by atoms with Crippen molar-refractivity contribution < 1.29 is 31.5 Å². The Morgan fingerprint density at radius 2 is 1.76 bits per heavy atom. The normalized spacial score (nSPS) is 9.88. The first kappa shape index (κ1) is 14.6. The van der Waals surface area contributed by atoms with Crippen molar-refractivity contribution in [2.75, 3.05) is 0 Å². The number of rotatable bonds is 3. The topological polar surface area (TPSA) is 0 Å². The van der Waals surface area contributed by atoms with Gasteiger partial charge in [0.2, 0.25) is 0 Å². The zero-order valence-electron chi connectivity index (χ0n) is 9.72. The molecule has 2 aromatic carbocycles. The summed E-state index contributed by atoms with van der Waals surface area (Å²) >= 11 is -5.04. The molecule has 0 amide bonds. The average molecular weight is 319 g/mol. The second kappa shape index (κ2) is 7.76. The van der Waals surface area contributed by atoms with E-state index >= 15 is 0 Å². The second-order valence-electron chi connectivity index (χ2n) is 3.76. The maximum atomic E-state index is 9.86. The van der Waals surface area contributed by atoms with Gasteiger partial charge in [-0.25, -0.2) is 0 Å². The van der Waals surface area contributed by atoms with Gasteiger partial charge in [-0.3, -0.25) is 0 Å². The minimum absolute atomic E-state index is 1.23. The summed E-state index contributed by atoms with van der Waals surface area (Å²) in [6.45, 7) is 2.24. The molecule has 0 bridgehead atoms. The summed E-state index contributed by atoms with van der Waals surface area (Å²) in [6, 6.07) is 13.1. The van der Waals surface area contributed by atoms with Crippen LogP contribution in [0.3, 0.4) is 0 Å². The summed E-state index contributed by atoms with van der Waals surface area (Å²) in [7, 11) is 0. The van der Waals surface area contributed by atoms with E-state index in [0.29, 0.717) is 0 Å². The number of benzene rings is 1. The zero-order valence-corrected chi connectivity index (χ0v) is 12.2. The summed E-state index contributed by atoms with van der Waals surface area (Å²) in [4.78, 5) is 0. The van der Waals surface area contributed by atoms with Crippen LogP contribution in [-0.4, -0.2) is 0 Å². The second-order valence-corrected chi connectivity index (χ2v) is 4.82. The van der Waals surface area contributed by atoms with E-state index in [1.54, 1.807) is 0 Å². The summed E-state index contributed by atoms with van der Waals surface area (Å²) in [5.41, 5.74) is 1.51. The van der Waals surface area contributed by atoms with Gasteiger partial charge in [0.05, 0.1) is 0 Å². The van der Waals surface area contributed by atoms with E-state index < -0.39 is 23.6 Å². The van der Waals surface area contributed by atoms with Crippen molar-refractivity contribution in [3.8, 4) is 0 Å². The SMILES string of the molecule is CCCC[c-]1ccc2ccccc21.[F][Zr]([F])[F]. The van der Waals surface area contributed by atoms with Gasteiger partial charge in [0.15, 0.2) is 0 Å². The van der Waals surface area contributed by atoms with Gasteiger partial charge in [-0.2, -0.15) is 6.07 Å². The Bertz CT molecular complexity index is 434. The minimum atomic E-state index is -5.04. The van der Waals surface area contributed by atoms with E-state index in [9.17, 15) is 7.88 Å². The van der Waals surface area contributed by atoms with Crippen molar-refractivity contribution in [3.05, 3.63) is 42.0 Å². The number of halogens is 3. The molecular weight excluding hydrogens is 304 g/mol. The molecule has 93 valence electrons. The number of aryl methyl sites for hydroxylation is 1. The van der Waals surface area contributed by atoms with Crippen LogP contribution in [0, 0.1) is 0 Å². The van der Waals surface area contributed by atoms with Crippen LogP contribution >= 0.6 is 0 Å². The summed E-state index contributed by atoms with van der Waals surface area (Å²) in [5.74, 6) is 0. The summed E-state index contributed by atoms with van der Waals surface area (Å²) < 4.78 is 29.6. The fourth-order valence-corrected chi connectivity index (χ4v) is 1.80. The van der Waals surface area contributed by atoms with Crippen molar-refractivity contribution in [3.63, 3.8) is 0 Å². The van der Waals surface area contributed by atoms with Crippen LogP contribution in [0.5, 0.6) is 0 Å². The maximum absolute atomic E-state index is 9.86. The molecule has 0 N–H and O–H groups in total. The molecular formula is C13H15F3Zr-. The monoisotopic (exact) mass is 318 g/mol. The van der Waals surface area contributed by atoms with Crippen LogP contribution in [0.25, 0.3) is 10.8 Å². The van der Waals surface area contributed by atoms with Crippen LogP contribution < -0.4 is 0 Å². The van der Waals surface area contributed by atoms with E-state index in [-0.39, 0.29) is 0 Å². The first-order chi connectivity index (χ1) is 8.15. The zero-order chi connectivity index (χ0) is 12.7. The molecule has 4 heteroatoms. The van der Waals surface area contributed by atoms with Gasteiger partial charge in [-0.1, -0.05) is 32.3 Å². The number of fused-ring (bicyclic) bond motifs is 1. The van der Waals surface area contributed by atoms with Crippen LogP contribution in [0.4, 0.5) is 7.88 Å². The quantitative estimate of drug-likeness (QED) is 0.686. The predicted octanol–water partition coefficient (Wildman–Crippen LogP) is 5.16. The Hall–Kier alpha value is -0.497. The van der Waals surface area contributed by atoms with E-state index in [1.807, 2.05) is 0 Å². The van der Waals surface area contributed by atoms with Crippen molar-refractivity contribution in [2.45, 2.75) is 26.2 Å². The molecule has 0 spiro atoms. The molecule has 0 unspecified atom stereocenters.